The number of amides is 2. The Morgan fingerprint density at radius 3 is 2.48 bits per heavy atom. The van der Waals surface area contributed by atoms with Gasteiger partial charge in [0.15, 0.2) is 5.78 Å². The summed E-state index contributed by atoms with van der Waals surface area (Å²) in [5.41, 5.74) is -2.76. The van der Waals surface area contributed by atoms with Gasteiger partial charge in [-0.2, -0.15) is 13.2 Å². The number of ketones is 1. The van der Waals surface area contributed by atoms with Crippen LogP contribution >= 0.6 is 0 Å². The van der Waals surface area contributed by atoms with Crippen LogP contribution in [0.15, 0.2) is 48.5 Å². The number of benzene rings is 2. The summed E-state index contributed by atoms with van der Waals surface area (Å²) in [6.45, 7) is 4.06. The number of hydrogen-bond acceptors (Lipinski definition) is 4. The van der Waals surface area contributed by atoms with Crippen LogP contribution in [0.4, 0.5) is 18.0 Å². The summed E-state index contributed by atoms with van der Waals surface area (Å²) in [6.07, 6.45) is -4.58. The van der Waals surface area contributed by atoms with Crippen molar-refractivity contribution in [1.29, 1.82) is 0 Å². The number of hydrogen-bond donors (Lipinski definition) is 3. The maximum Gasteiger partial charge on any atom is 0.437 e. The van der Waals surface area contributed by atoms with E-state index in [1.165, 1.54) is 29.6 Å². The SMILES string of the molecule is CCCOc1cccc([C@@H]2NC(=O)N[C@@](O)(C(F)(F)F)[C@H]2C(=O)c2ccc(C)cc2)c1. The van der Waals surface area contributed by atoms with E-state index in [0.717, 1.165) is 12.0 Å². The van der Waals surface area contributed by atoms with Gasteiger partial charge in [-0.3, -0.25) is 4.79 Å². The lowest BCUT2D eigenvalue weighted by atomic mass is 9.77. The fourth-order valence-electron chi connectivity index (χ4n) is 3.53. The molecule has 6 nitrogen and oxygen atoms in total. The van der Waals surface area contributed by atoms with E-state index in [2.05, 4.69) is 5.32 Å². The Labute approximate surface area is 177 Å². The molecule has 0 saturated carbocycles. The van der Waals surface area contributed by atoms with Gasteiger partial charge in [0.25, 0.3) is 0 Å². The number of carbonyl (C=O) groups excluding carboxylic acids is 2. The predicted octanol–water partition coefficient (Wildman–Crippen LogP) is 3.89. The Bertz CT molecular complexity index is 962. The zero-order valence-corrected chi connectivity index (χ0v) is 17.0. The van der Waals surface area contributed by atoms with Crippen molar-refractivity contribution in [2.45, 2.75) is 38.2 Å². The number of carbonyl (C=O) groups is 2. The molecule has 2 amide bonds. The first-order chi connectivity index (χ1) is 14.6. The van der Waals surface area contributed by atoms with Gasteiger partial charge in [0.1, 0.15) is 11.7 Å². The molecular weight excluding hydrogens is 413 g/mol. The summed E-state index contributed by atoms with van der Waals surface area (Å²) in [6, 6.07) is 9.37. The van der Waals surface area contributed by atoms with Gasteiger partial charge in [0.2, 0.25) is 5.72 Å². The highest BCUT2D eigenvalue weighted by Gasteiger charge is 2.66. The van der Waals surface area contributed by atoms with Gasteiger partial charge in [0, 0.05) is 5.56 Å². The average Bonchev–Trinajstić information content (AvgIpc) is 2.71. The lowest BCUT2D eigenvalue weighted by molar-refractivity contribution is -0.287. The predicted molar refractivity (Wildman–Crippen MR) is 107 cm³/mol. The molecule has 9 heteroatoms. The molecule has 31 heavy (non-hydrogen) atoms. The highest BCUT2D eigenvalue weighted by molar-refractivity contribution is 6.00. The van der Waals surface area contributed by atoms with Crippen molar-refractivity contribution in [3.05, 3.63) is 65.2 Å². The second-order valence-electron chi connectivity index (χ2n) is 7.47. The lowest BCUT2D eigenvalue weighted by Gasteiger charge is -2.45. The van der Waals surface area contributed by atoms with Gasteiger partial charge in [-0.05, 0) is 31.0 Å². The molecule has 2 aromatic rings. The molecule has 3 N–H and O–H groups in total. The smallest absolute Gasteiger partial charge is 0.437 e. The van der Waals surface area contributed by atoms with Crippen molar-refractivity contribution in [3.8, 4) is 5.75 Å². The Morgan fingerprint density at radius 2 is 1.87 bits per heavy atom. The Balaban J connectivity index is 2.11. The third kappa shape index (κ3) is 4.51. The molecule has 3 rings (SSSR count). The van der Waals surface area contributed by atoms with Crippen molar-refractivity contribution in [1.82, 2.24) is 10.6 Å². The fraction of sp³-hybridized carbons (Fsp3) is 0.364. The molecular formula is C22H23F3N2O4. The Kier molecular flexibility index (Phi) is 6.26. The summed E-state index contributed by atoms with van der Waals surface area (Å²) in [4.78, 5) is 25.3. The van der Waals surface area contributed by atoms with E-state index in [9.17, 15) is 27.9 Å². The minimum atomic E-state index is -5.30. The molecule has 166 valence electrons. The van der Waals surface area contributed by atoms with Crippen LogP contribution in [0.1, 0.15) is 40.9 Å². The van der Waals surface area contributed by atoms with Gasteiger partial charge in [-0.15, -0.1) is 0 Å². The number of aryl methyl sites for hydroxylation is 1. The molecule has 0 radical (unpaired) electrons. The van der Waals surface area contributed by atoms with Crippen LogP contribution in [0.5, 0.6) is 5.75 Å². The fourth-order valence-corrected chi connectivity index (χ4v) is 3.53. The van der Waals surface area contributed by atoms with E-state index >= 15 is 0 Å². The average molecular weight is 436 g/mol. The maximum atomic E-state index is 14.0. The van der Waals surface area contributed by atoms with Gasteiger partial charge in [-0.1, -0.05) is 48.9 Å². The molecule has 0 aliphatic carbocycles. The van der Waals surface area contributed by atoms with Gasteiger partial charge >= 0.3 is 12.2 Å². The standard InChI is InChI=1S/C22H23F3N2O4/c1-3-11-31-16-6-4-5-15(12-16)18-17(19(28)14-9-7-13(2)8-10-14)21(30,22(23,24)25)27-20(29)26-18/h4-10,12,17-18,30H,3,11H2,1-2H3,(H2,26,27,29)/t17-,18+,21+/m1/s1. The largest absolute Gasteiger partial charge is 0.494 e. The van der Waals surface area contributed by atoms with Crippen LogP contribution in [-0.4, -0.2) is 35.4 Å². The third-order valence-corrected chi connectivity index (χ3v) is 5.11. The minimum absolute atomic E-state index is 0.0142. The number of urea groups is 1. The maximum absolute atomic E-state index is 14.0. The second-order valence-corrected chi connectivity index (χ2v) is 7.47. The quantitative estimate of drug-likeness (QED) is 0.600. The molecule has 1 heterocycles. The molecule has 0 bridgehead atoms. The Hall–Kier alpha value is -3.07. The summed E-state index contributed by atoms with van der Waals surface area (Å²) >= 11 is 0. The van der Waals surface area contributed by atoms with E-state index in [1.54, 1.807) is 31.2 Å². The zero-order valence-electron chi connectivity index (χ0n) is 17.0. The van der Waals surface area contributed by atoms with Crippen LogP contribution in [0.2, 0.25) is 0 Å². The number of halogens is 3. The number of Topliss-reactive ketones (excluding diaryl/α,β-unsaturated/α-hetero) is 1. The number of alkyl halides is 3. The first kappa shape index (κ1) is 22.6. The minimum Gasteiger partial charge on any atom is -0.494 e. The number of aliphatic hydroxyl groups is 1. The highest BCUT2D eigenvalue weighted by atomic mass is 19.4. The van der Waals surface area contributed by atoms with Crippen LogP contribution in [0.3, 0.4) is 0 Å². The van der Waals surface area contributed by atoms with Crippen LogP contribution in [-0.2, 0) is 0 Å². The molecule has 3 atom stereocenters. The van der Waals surface area contributed by atoms with Crippen molar-refractivity contribution < 1.29 is 32.6 Å². The molecule has 0 spiro atoms. The van der Waals surface area contributed by atoms with E-state index in [0.29, 0.717) is 12.4 Å². The van der Waals surface area contributed by atoms with Crippen molar-refractivity contribution in [2.24, 2.45) is 5.92 Å². The van der Waals surface area contributed by atoms with Gasteiger partial charge < -0.3 is 20.5 Å². The molecule has 1 saturated heterocycles. The van der Waals surface area contributed by atoms with Crippen molar-refractivity contribution in [2.75, 3.05) is 6.61 Å². The normalized spacial score (nSPS) is 23.6. The lowest BCUT2D eigenvalue weighted by Crippen LogP contribution is -2.72. The third-order valence-electron chi connectivity index (χ3n) is 5.11. The molecule has 1 aliphatic heterocycles. The van der Waals surface area contributed by atoms with Crippen molar-refractivity contribution >= 4 is 11.8 Å². The van der Waals surface area contributed by atoms with E-state index < -0.39 is 35.7 Å². The molecule has 0 unspecified atom stereocenters. The number of nitrogens with one attached hydrogen (secondary N) is 2. The van der Waals surface area contributed by atoms with E-state index in [4.69, 9.17) is 4.74 Å². The molecule has 1 aliphatic rings. The van der Waals surface area contributed by atoms with Crippen LogP contribution < -0.4 is 15.4 Å². The van der Waals surface area contributed by atoms with Gasteiger partial charge in [0.05, 0.1) is 12.6 Å². The van der Waals surface area contributed by atoms with Crippen molar-refractivity contribution in [3.63, 3.8) is 0 Å². The van der Waals surface area contributed by atoms with Crippen LogP contribution in [0.25, 0.3) is 0 Å². The Morgan fingerprint density at radius 1 is 1.19 bits per heavy atom. The molecule has 2 aromatic carbocycles. The van der Waals surface area contributed by atoms with Crippen LogP contribution in [0, 0.1) is 12.8 Å². The van der Waals surface area contributed by atoms with E-state index in [1.807, 2.05) is 6.92 Å². The summed E-state index contributed by atoms with van der Waals surface area (Å²) in [7, 11) is 0. The number of rotatable bonds is 6. The molecule has 0 aromatic heterocycles. The summed E-state index contributed by atoms with van der Waals surface area (Å²) in [5, 5.41) is 14.5. The summed E-state index contributed by atoms with van der Waals surface area (Å²) in [5.74, 6) is -2.66. The second kappa shape index (κ2) is 8.58. The zero-order chi connectivity index (χ0) is 22.8. The highest BCUT2D eigenvalue weighted by Crippen LogP contribution is 2.44. The first-order valence-electron chi connectivity index (χ1n) is 9.78. The molecule has 1 fully saturated rings. The monoisotopic (exact) mass is 436 g/mol. The summed E-state index contributed by atoms with van der Waals surface area (Å²) < 4.78 is 47.4. The number of ether oxygens (including phenoxy) is 1. The first-order valence-corrected chi connectivity index (χ1v) is 9.78. The van der Waals surface area contributed by atoms with E-state index in [-0.39, 0.29) is 11.1 Å². The van der Waals surface area contributed by atoms with Gasteiger partial charge in [-0.25, -0.2) is 4.79 Å². The topological polar surface area (TPSA) is 87.7 Å².